The molecule has 7 heteroatoms. The second kappa shape index (κ2) is 18.2. The van der Waals surface area contributed by atoms with Crippen molar-refractivity contribution in [2.45, 2.75) is 64.5 Å². The van der Waals surface area contributed by atoms with Gasteiger partial charge in [-0.05, 0) is 48.2 Å². The number of rotatable bonds is 19. The summed E-state index contributed by atoms with van der Waals surface area (Å²) < 4.78 is 5.98. The van der Waals surface area contributed by atoms with Crippen LogP contribution in [0.2, 0.25) is 0 Å². The lowest BCUT2D eigenvalue weighted by Gasteiger charge is -2.23. The molecular formula is C39H44N2O5. The van der Waals surface area contributed by atoms with Crippen molar-refractivity contribution in [3.8, 4) is 5.75 Å². The zero-order chi connectivity index (χ0) is 32.6. The first-order valence-electron chi connectivity index (χ1n) is 16.2. The van der Waals surface area contributed by atoms with E-state index in [1.165, 1.54) is 0 Å². The summed E-state index contributed by atoms with van der Waals surface area (Å²) in [7, 11) is 0. The molecule has 0 radical (unpaired) electrons. The Bertz CT molecular complexity index is 1520. The van der Waals surface area contributed by atoms with E-state index in [1.54, 1.807) is 48.5 Å². The fourth-order valence-corrected chi connectivity index (χ4v) is 5.30. The van der Waals surface area contributed by atoms with Crippen molar-refractivity contribution in [1.82, 2.24) is 4.90 Å². The van der Waals surface area contributed by atoms with Crippen LogP contribution >= 0.6 is 0 Å². The first-order valence-corrected chi connectivity index (χ1v) is 16.2. The smallest absolute Gasteiger partial charge is 0.326 e. The molecule has 0 aliphatic heterocycles. The highest BCUT2D eigenvalue weighted by Crippen LogP contribution is 2.22. The van der Waals surface area contributed by atoms with Crippen LogP contribution in [0.1, 0.15) is 72.5 Å². The maximum atomic E-state index is 13.1. The van der Waals surface area contributed by atoms with E-state index in [2.05, 4.69) is 12.2 Å². The van der Waals surface area contributed by atoms with E-state index < -0.39 is 12.0 Å². The number of nitrogens with one attached hydrogen (secondary N) is 1. The molecular weight excluding hydrogens is 576 g/mol. The standard InChI is InChI=1S/C39H44N2O5/c1-2-3-4-11-21-37(42)41(29-31-15-7-5-8-16-31)26-14-27-46-33-24-22-30(23-25-33)28-36(39(44)45)40-35-20-13-12-19-34(35)38(43)32-17-9-6-10-18-32/h5-10,12-13,15-20,22-25,36,40H,2-4,11,14,21,26-29H2,1H3,(H,44,45)/t36-/m0/s1. The van der Waals surface area contributed by atoms with Gasteiger partial charge in [0.25, 0.3) is 0 Å². The molecule has 7 nitrogen and oxygen atoms in total. The number of amides is 1. The van der Waals surface area contributed by atoms with Gasteiger partial charge >= 0.3 is 5.97 Å². The summed E-state index contributed by atoms with van der Waals surface area (Å²) in [6, 6.07) is 32.4. The number of aliphatic carboxylic acids is 1. The Morgan fingerprint density at radius 3 is 2.13 bits per heavy atom. The highest BCUT2D eigenvalue weighted by Gasteiger charge is 2.21. The number of carbonyl (C=O) groups is 3. The van der Waals surface area contributed by atoms with E-state index in [4.69, 9.17) is 4.74 Å². The van der Waals surface area contributed by atoms with Crippen molar-refractivity contribution in [1.29, 1.82) is 0 Å². The fourth-order valence-electron chi connectivity index (χ4n) is 5.30. The molecule has 1 atom stereocenters. The van der Waals surface area contributed by atoms with Gasteiger partial charge in [-0.25, -0.2) is 4.79 Å². The third kappa shape index (κ3) is 10.6. The fraction of sp³-hybridized carbons (Fsp3) is 0.308. The monoisotopic (exact) mass is 620 g/mol. The maximum Gasteiger partial charge on any atom is 0.326 e. The summed E-state index contributed by atoms with van der Waals surface area (Å²) in [4.78, 5) is 40.3. The van der Waals surface area contributed by atoms with E-state index >= 15 is 0 Å². The van der Waals surface area contributed by atoms with Crippen LogP contribution in [0.25, 0.3) is 0 Å². The summed E-state index contributed by atoms with van der Waals surface area (Å²) >= 11 is 0. The number of nitrogens with zero attached hydrogens (tertiary/aromatic N) is 1. The number of anilines is 1. The number of hydrogen-bond donors (Lipinski definition) is 2. The highest BCUT2D eigenvalue weighted by atomic mass is 16.5. The van der Waals surface area contributed by atoms with Crippen molar-refractivity contribution in [3.63, 3.8) is 0 Å². The maximum absolute atomic E-state index is 13.1. The Morgan fingerprint density at radius 1 is 0.761 bits per heavy atom. The lowest BCUT2D eigenvalue weighted by molar-refractivity contribution is -0.138. The van der Waals surface area contributed by atoms with E-state index in [9.17, 15) is 19.5 Å². The number of para-hydroxylation sites is 1. The molecule has 1 amide bonds. The molecule has 0 aliphatic carbocycles. The van der Waals surface area contributed by atoms with Crippen molar-refractivity contribution >= 4 is 23.3 Å². The number of unbranched alkanes of at least 4 members (excludes halogenated alkanes) is 3. The van der Waals surface area contributed by atoms with Gasteiger partial charge in [0.2, 0.25) is 5.91 Å². The number of carbonyl (C=O) groups excluding carboxylic acids is 2. The molecule has 0 heterocycles. The zero-order valence-corrected chi connectivity index (χ0v) is 26.6. The molecule has 0 bridgehead atoms. The van der Waals surface area contributed by atoms with Gasteiger partial charge in [-0.15, -0.1) is 0 Å². The Morgan fingerprint density at radius 2 is 1.43 bits per heavy atom. The third-order valence-corrected chi connectivity index (χ3v) is 7.85. The van der Waals surface area contributed by atoms with Crippen LogP contribution in [0.5, 0.6) is 5.75 Å². The number of ether oxygens (including phenoxy) is 1. The van der Waals surface area contributed by atoms with Crippen molar-refractivity contribution in [2.75, 3.05) is 18.5 Å². The molecule has 0 spiro atoms. The Balaban J connectivity index is 1.30. The van der Waals surface area contributed by atoms with Crippen LogP contribution in [0.3, 0.4) is 0 Å². The molecule has 4 aromatic carbocycles. The average Bonchev–Trinajstić information content (AvgIpc) is 3.09. The molecule has 46 heavy (non-hydrogen) atoms. The predicted octanol–water partition coefficient (Wildman–Crippen LogP) is 7.79. The third-order valence-electron chi connectivity index (χ3n) is 7.85. The highest BCUT2D eigenvalue weighted by molar-refractivity contribution is 6.12. The van der Waals surface area contributed by atoms with Gasteiger partial charge in [-0.2, -0.15) is 0 Å². The van der Waals surface area contributed by atoms with Gasteiger partial charge in [-0.3, -0.25) is 9.59 Å². The van der Waals surface area contributed by atoms with Crippen LogP contribution in [-0.2, 0) is 22.6 Å². The molecule has 0 aliphatic rings. The molecule has 240 valence electrons. The lowest BCUT2D eigenvalue weighted by Crippen LogP contribution is -2.32. The van der Waals surface area contributed by atoms with Gasteiger partial charge in [0, 0.05) is 42.7 Å². The summed E-state index contributed by atoms with van der Waals surface area (Å²) in [5, 5.41) is 13.1. The van der Waals surface area contributed by atoms with Crippen molar-refractivity contribution in [3.05, 3.63) is 131 Å². The predicted molar refractivity (Wildman–Crippen MR) is 182 cm³/mol. The number of hydrogen-bond acceptors (Lipinski definition) is 5. The molecule has 0 fully saturated rings. The summed E-state index contributed by atoms with van der Waals surface area (Å²) in [6.45, 7) is 3.82. The molecule has 0 unspecified atom stereocenters. The van der Waals surface area contributed by atoms with Crippen LogP contribution in [0, 0.1) is 0 Å². The Kier molecular flexibility index (Phi) is 13.4. The Hall–Kier alpha value is -4.91. The van der Waals surface area contributed by atoms with Crippen molar-refractivity contribution in [2.24, 2.45) is 0 Å². The number of ketones is 1. The topological polar surface area (TPSA) is 95.9 Å². The first-order chi connectivity index (χ1) is 22.4. The minimum atomic E-state index is -1.01. The largest absolute Gasteiger partial charge is 0.494 e. The molecule has 4 aromatic rings. The minimum Gasteiger partial charge on any atom is -0.494 e. The molecule has 0 aromatic heterocycles. The van der Waals surface area contributed by atoms with Gasteiger partial charge in [0.1, 0.15) is 11.8 Å². The van der Waals surface area contributed by atoms with Crippen LogP contribution in [-0.4, -0.2) is 46.9 Å². The summed E-state index contributed by atoms with van der Waals surface area (Å²) in [6.07, 6.45) is 5.76. The molecule has 0 saturated heterocycles. The Labute approximate surface area is 272 Å². The van der Waals surface area contributed by atoms with Gasteiger partial charge in [-0.1, -0.05) is 111 Å². The molecule has 2 N–H and O–H groups in total. The molecule has 4 rings (SSSR count). The summed E-state index contributed by atoms with van der Waals surface area (Å²) in [5.41, 5.74) is 3.37. The van der Waals surface area contributed by atoms with Gasteiger partial charge < -0.3 is 20.1 Å². The van der Waals surface area contributed by atoms with Crippen LogP contribution < -0.4 is 10.1 Å². The van der Waals surface area contributed by atoms with Crippen molar-refractivity contribution < 1.29 is 24.2 Å². The second-order valence-electron chi connectivity index (χ2n) is 11.4. The first kappa shape index (κ1) is 34.0. The quantitative estimate of drug-likeness (QED) is 0.0821. The SMILES string of the molecule is CCCCCCC(=O)N(CCCOc1ccc(C[C@H](Nc2ccccc2C(=O)c2ccccc2)C(=O)O)cc1)Cc1ccccc1. The van der Waals surface area contributed by atoms with Crippen LogP contribution in [0.4, 0.5) is 5.69 Å². The second-order valence-corrected chi connectivity index (χ2v) is 11.4. The molecule has 0 saturated carbocycles. The number of carboxylic acid groups (broad SMARTS) is 1. The number of carboxylic acids is 1. The minimum absolute atomic E-state index is 0.172. The van der Waals surface area contributed by atoms with E-state index in [0.717, 1.165) is 36.8 Å². The van der Waals surface area contributed by atoms with Gasteiger partial charge in [0.05, 0.1) is 6.61 Å². The summed E-state index contributed by atoms with van der Waals surface area (Å²) in [5.74, 6) is -0.322. The zero-order valence-electron chi connectivity index (χ0n) is 26.6. The van der Waals surface area contributed by atoms with Crippen LogP contribution in [0.15, 0.2) is 109 Å². The number of benzene rings is 4. The van der Waals surface area contributed by atoms with E-state index in [-0.39, 0.29) is 18.1 Å². The van der Waals surface area contributed by atoms with E-state index in [0.29, 0.717) is 55.1 Å². The van der Waals surface area contributed by atoms with E-state index in [1.807, 2.05) is 65.6 Å². The lowest BCUT2D eigenvalue weighted by atomic mass is 10.00. The average molecular weight is 621 g/mol. The normalized spacial score (nSPS) is 11.4. The van der Waals surface area contributed by atoms with Gasteiger partial charge in [0.15, 0.2) is 5.78 Å².